The Morgan fingerprint density at radius 1 is 1.21 bits per heavy atom. The molecule has 1 aromatic heterocycles. The van der Waals surface area contributed by atoms with Crippen LogP contribution >= 0.6 is 0 Å². The van der Waals surface area contributed by atoms with Gasteiger partial charge < -0.3 is 5.11 Å². The van der Waals surface area contributed by atoms with Crippen molar-refractivity contribution in [2.45, 2.75) is 6.04 Å². The first kappa shape index (κ1) is 13.2. The second kappa shape index (κ2) is 5.63. The molecule has 2 rings (SSSR count). The molecule has 1 unspecified atom stereocenters. The van der Waals surface area contributed by atoms with Crippen LogP contribution in [0.3, 0.4) is 0 Å². The highest BCUT2D eigenvalue weighted by molar-refractivity contribution is 5.87. The van der Waals surface area contributed by atoms with E-state index >= 15 is 0 Å². The van der Waals surface area contributed by atoms with Gasteiger partial charge in [0.15, 0.2) is 0 Å². The zero-order valence-corrected chi connectivity index (χ0v) is 10.9. The molecule has 0 bridgehead atoms. The van der Waals surface area contributed by atoms with E-state index in [2.05, 4.69) is 4.98 Å². The van der Waals surface area contributed by atoms with E-state index in [1.54, 1.807) is 30.6 Å². The van der Waals surface area contributed by atoms with Crippen LogP contribution in [0.5, 0.6) is 0 Å². The molecule has 0 amide bonds. The van der Waals surface area contributed by atoms with Gasteiger partial charge in [0.1, 0.15) is 0 Å². The van der Waals surface area contributed by atoms with Crippen LogP contribution in [0.15, 0.2) is 48.8 Å². The Bertz CT molecular complexity index is 567. The van der Waals surface area contributed by atoms with Gasteiger partial charge in [0, 0.05) is 12.4 Å². The highest BCUT2D eigenvalue weighted by atomic mass is 16.4. The number of nitrogens with zero attached hydrogens (tertiary/aromatic N) is 2. The Morgan fingerprint density at radius 2 is 1.95 bits per heavy atom. The molecule has 1 atom stereocenters. The Morgan fingerprint density at radius 3 is 2.53 bits per heavy atom. The molecule has 19 heavy (non-hydrogen) atoms. The van der Waals surface area contributed by atoms with Crippen LogP contribution in [0.1, 0.15) is 27.5 Å². The van der Waals surface area contributed by atoms with Gasteiger partial charge in [-0.1, -0.05) is 18.2 Å². The maximum Gasteiger partial charge on any atom is 0.335 e. The molecule has 2 aromatic rings. The van der Waals surface area contributed by atoms with Gasteiger partial charge in [-0.2, -0.15) is 0 Å². The number of carboxylic acids is 1. The monoisotopic (exact) mass is 256 g/mol. The lowest BCUT2D eigenvalue weighted by molar-refractivity contribution is 0.0696. The van der Waals surface area contributed by atoms with E-state index in [1.165, 1.54) is 0 Å². The first-order valence-corrected chi connectivity index (χ1v) is 5.99. The molecule has 4 nitrogen and oxygen atoms in total. The van der Waals surface area contributed by atoms with Crippen molar-refractivity contribution in [1.82, 2.24) is 9.88 Å². The number of carboxylic acid groups (broad SMARTS) is 1. The molecule has 4 heteroatoms. The smallest absolute Gasteiger partial charge is 0.335 e. The molecule has 0 radical (unpaired) electrons. The van der Waals surface area contributed by atoms with Gasteiger partial charge in [-0.15, -0.1) is 0 Å². The van der Waals surface area contributed by atoms with Crippen LogP contribution in [0.25, 0.3) is 0 Å². The van der Waals surface area contributed by atoms with Crippen LogP contribution < -0.4 is 0 Å². The second-order valence-electron chi connectivity index (χ2n) is 4.58. The Hall–Kier alpha value is -2.20. The summed E-state index contributed by atoms with van der Waals surface area (Å²) in [6.45, 7) is 0. The van der Waals surface area contributed by atoms with E-state index in [1.807, 2.05) is 37.2 Å². The molecule has 0 saturated heterocycles. The molecule has 98 valence electrons. The number of carbonyl (C=O) groups is 1. The van der Waals surface area contributed by atoms with Gasteiger partial charge in [0.2, 0.25) is 0 Å². The maximum atomic E-state index is 11.1. The van der Waals surface area contributed by atoms with Gasteiger partial charge in [0.05, 0.1) is 11.6 Å². The SMILES string of the molecule is CN(C)C(c1cccnc1)c1cccc(C(=O)O)c1. The van der Waals surface area contributed by atoms with Crippen LogP contribution in [0, 0.1) is 0 Å². The van der Waals surface area contributed by atoms with E-state index in [0.29, 0.717) is 5.56 Å². The number of benzene rings is 1. The molecule has 0 aliphatic rings. The molecule has 1 N–H and O–H groups in total. The molecule has 0 aliphatic carbocycles. The maximum absolute atomic E-state index is 11.1. The van der Waals surface area contributed by atoms with Crippen molar-refractivity contribution in [3.8, 4) is 0 Å². The largest absolute Gasteiger partial charge is 0.478 e. The first-order chi connectivity index (χ1) is 9.09. The average molecular weight is 256 g/mol. The Kier molecular flexibility index (Phi) is 3.92. The number of aromatic carboxylic acids is 1. The van der Waals surface area contributed by atoms with E-state index in [-0.39, 0.29) is 6.04 Å². The summed E-state index contributed by atoms with van der Waals surface area (Å²) in [5.74, 6) is -0.912. The van der Waals surface area contributed by atoms with Crippen LogP contribution in [-0.4, -0.2) is 35.1 Å². The topological polar surface area (TPSA) is 53.4 Å². The van der Waals surface area contributed by atoms with Gasteiger partial charge >= 0.3 is 5.97 Å². The fraction of sp³-hybridized carbons (Fsp3) is 0.200. The third kappa shape index (κ3) is 2.98. The standard InChI is InChI=1S/C15H16N2O2/c1-17(2)14(13-7-4-8-16-10-13)11-5-3-6-12(9-11)15(18)19/h3-10,14H,1-2H3,(H,18,19). The van der Waals surface area contributed by atoms with Gasteiger partial charge in [-0.25, -0.2) is 4.79 Å². The molecule has 0 fully saturated rings. The van der Waals surface area contributed by atoms with Crippen molar-refractivity contribution in [2.75, 3.05) is 14.1 Å². The van der Waals surface area contributed by atoms with Crippen LogP contribution in [-0.2, 0) is 0 Å². The summed E-state index contributed by atoms with van der Waals surface area (Å²) in [6.07, 6.45) is 3.53. The zero-order chi connectivity index (χ0) is 13.8. The average Bonchev–Trinajstić information content (AvgIpc) is 2.40. The Balaban J connectivity index is 2.46. The highest BCUT2D eigenvalue weighted by Crippen LogP contribution is 2.26. The molecule has 0 saturated carbocycles. The third-order valence-corrected chi connectivity index (χ3v) is 2.97. The molecule has 1 heterocycles. The second-order valence-corrected chi connectivity index (χ2v) is 4.58. The van der Waals surface area contributed by atoms with Crippen molar-refractivity contribution in [3.63, 3.8) is 0 Å². The number of rotatable bonds is 4. The highest BCUT2D eigenvalue weighted by Gasteiger charge is 2.17. The lowest BCUT2D eigenvalue weighted by Gasteiger charge is -2.25. The molecule has 0 aliphatic heterocycles. The number of hydrogen-bond acceptors (Lipinski definition) is 3. The lowest BCUT2D eigenvalue weighted by Crippen LogP contribution is -2.21. The van der Waals surface area contributed by atoms with Crippen molar-refractivity contribution in [2.24, 2.45) is 0 Å². The Labute approximate surface area is 112 Å². The fourth-order valence-corrected chi connectivity index (χ4v) is 2.17. The van der Waals surface area contributed by atoms with Crippen molar-refractivity contribution >= 4 is 5.97 Å². The normalized spacial score (nSPS) is 12.4. The summed E-state index contributed by atoms with van der Waals surface area (Å²) in [7, 11) is 3.93. The summed E-state index contributed by atoms with van der Waals surface area (Å²) < 4.78 is 0. The van der Waals surface area contributed by atoms with Crippen molar-refractivity contribution in [1.29, 1.82) is 0 Å². The zero-order valence-electron chi connectivity index (χ0n) is 10.9. The van der Waals surface area contributed by atoms with Gasteiger partial charge in [-0.3, -0.25) is 9.88 Å². The quantitative estimate of drug-likeness (QED) is 0.912. The van der Waals surface area contributed by atoms with Crippen molar-refractivity contribution in [3.05, 3.63) is 65.5 Å². The van der Waals surface area contributed by atoms with Gasteiger partial charge in [0.25, 0.3) is 0 Å². The van der Waals surface area contributed by atoms with E-state index < -0.39 is 5.97 Å². The predicted octanol–water partition coefficient (Wildman–Crippen LogP) is 2.43. The molecule has 0 spiro atoms. The van der Waals surface area contributed by atoms with E-state index in [4.69, 9.17) is 5.11 Å². The van der Waals surface area contributed by atoms with Crippen molar-refractivity contribution < 1.29 is 9.90 Å². The number of hydrogen-bond donors (Lipinski definition) is 1. The first-order valence-electron chi connectivity index (χ1n) is 5.99. The molecule has 1 aromatic carbocycles. The minimum Gasteiger partial charge on any atom is -0.478 e. The molecular weight excluding hydrogens is 240 g/mol. The summed E-state index contributed by atoms with van der Waals surface area (Å²) >= 11 is 0. The minimum atomic E-state index is -0.912. The van der Waals surface area contributed by atoms with E-state index in [9.17, 15) is 4.79 Å². The summed E-state index contributed by atoms with van der Waals surface area (Å²) in [5.41, 5.74) is 2.28. The van der Waals surface area contributed by atoms with Crippen LogP contribution in [0.4, 0.5) is 0 Å². The number of aromatic nitrogens is 1. The van der Waals surface area contributed by atoms with E-state index in [0.717, 1.165) is 11.1 Å². The summed E-state index contributed by atoms with van der Waals surface area (Å²) in [4.78, 5) is 17.2. The minimum absolute atomic E-state index is 0.00648. The summed E-state index contributed by atoms with van der Waals surface area (Å²) in [6, 6.07) is 10.9. The fourth-order valence-electron chi connectivity index (χ4n) is 2.17. The predicted molar refractivity (Wildman–Crippen MR) is 73.2 cm³/mol. The van der Waals surface area contributed by atoms with Gasteiger partial charge in [-0.05, 0) is 43.4 Å². The lowest BCUT2D eigenvalue weighted by atomic mass is 9.97. The summed E-state index contributed by atoms with van der Waals surface area (Å²) in [5, 5.41) is 9.07. The number of pyridine rings is 1. The van der Waals surface area contributed by atoms with Crippen LogP contribution in [0.2, 0.25) is 0 Å². The molecular formula is C15H16N2O2. The third-order valence-electron chi connectivity index (χ3n) is 2.97.